The maximum absolute atomic E-state index is 9.80. The third-order valence-electron chi connectivity index (χ3n) is 0.480. The van der Waals surface area contributed by atoms with E-state index >= 15 is 0 Å². The molecule has 0 aliphatic heterocycles. The van der Waals surface area contributed by atoms with Gasteiger partial charge in [-0.05, 0) is 0 Å². The number of rotatable bonds is 3. The van der Waals surface area contributed by atoms with E-state index in [1.165, 1.54) is 0 Å². The Morgan fingerprint density at radius 1 is 0.800 bits per heavy atom. The topological polar surface area (TPSA) is 166 Å². The van der Waals surface area contributed by atoms with Crippen LogP contribution in [0.2, 0.25) is 0 Å². The molecule has 0 saturated carbocycles. The van der Waals surface area contributed by atoms with E-state index in [4.69, 9.17) is 0 Å². The Morgan fingerprint density at radius 3 is 1.00 bits per heavy atom. The van der Waals surface area contributed by atoms with Crippen LogP contribution >= 0.6 is 0 Å². The molecule has 10 heavy (non-hydrogen) atoms. The number of hydrogen-bond donors (Lipinski definition) is 3. The Balaban J connectivity index is 5.46. The molecule has 0 heterocycles. The summed E-state index contributed by atoms with van der Waals surface area (Å²) < 4.78 is 19.5. The third-order valence-corrected chi connectivity index (χ3v) is 2.84. The van der Waals surface area contributed by atoms with Gasteiger partial charge in [-0.25, -0.2) is 0 Å². The molecule has 0 rings (SSSR count). The summed E-state index contributed by atoms with van der Waals surface area (Å²) in [6, 6.07) is 0. The van der Waals surface area contributed by atoms with Crippen LogP contribution < -0.4 is 13.4 Å². The van der Waals surface area contributed by atoms with Gasteiger partial charge < -0.3 is 0 Å². The number of nitrogens with zero attached hydrogens (tertiary/aromatic N) is 3. The van der Waals surface area contributed by atoms with Crippen molar-refractivity contribution in [2.24, 2.45) is 25.2 Å². The molecule has 0 fully saturated rings. The molecule has 9 nitrogen and oxygen atoms in total. The molecular weight excluding hydrogens is 235 g/mol. The molecule has 0 radical (unpaired) electrons. The number of hydrogen-bond acceptors (Lipinski definition) is 9. The van der Waals surface area contributed by atoms with Gasteiger partial charge in [0.1, 0.15) is 0 Å². The molecule has 0 aromatic rings. The molecule has 0 unspecified atom stereocenters. The SMILES string of the molecule is [NH2][Rh]([NH2])([NH2])([N]=O)([N]=O)[N]=O. The van der Waals surface area contributed by atoms with Crippen LogP contribution in [0.15, 0.2) is 11.8 Å². The molecule has 0 bridgehead atoms. The van der Waals surface area contributed by atoms with Crippen LogP contribution in [0, 0.1) is 14.7 Å². The standard InChI is InChI=1S/3NO.3H2N.Rh/c3*1-2;;;;/h;;;3*1H2;/q6*-1;+6. The molecule has 0 amide bonds. The molecule has 0 aromatic carbocycles. The second kappa shape index (κ2) is 1.48. The first-order valence-corrected chi connectivity index (χ1v) is 6.61. The van der Waals surface area contributed by atoms with Crippen LogP contribution in [0.1, 0.15) is 0 Å². The van der Waals surface area contributed by atoms with Crippen molar-refractivity contribution in [2.45, 2.75) is 0 Å². The van der Waals surface area contributed by atoms with Gasteiger partial charge in [-0.3, -0.25) is 0 Å². The summed E-state index contributed by atoms with van der Waals surface area (Å²) in [4.78, 5) is 29.4. The summed E-state index contributed by atoms with van der Waals surface area (Å²) in [5, 5.41) is 0. The maximum atomic E-state index is 9.80. The van der Waals surface area contributed by atoms with E-state index in [1.807, 2.05) is 11.8 Å². The molecule has 63 valence electrons. The van der Waals surface area contributed by atoms with E-state index in [9.17, 15) is 14.7 Å². The van der Waals surface area contributed by atoms with Gasteiger partial charge in [0.2, 0.25) is 0 Å². The number of nitrogens with two attached hydrogens (primary N) is 3. The zero-order valence-corrected chi connectivity index (χ0v) is 6.27. The fourth-order valence-electron chi connectivity index (χ4n) is 0.0333. The fourth-order valence-corrected chi connectivity index (χ4v) is 0.197. The van der Waals surface area contributed by atoms with Crippen molar-refractivity contribution in [1.29, 1.82) is 0 Å². The average Bonchev–Trinajstić information content (AvgIpc) is 1.90. The number of nitroso groups, excluding NO2 is 3. The van der Waals surface area contributed by atoms with Crippen LogP contribution in [-0.4, -0.2) is 0 Å². The fraction of sp³-hybridized carbons (Fsp3) is 0. The molecule has 0 spiro atoms. The summed E-state index contributed by atoms with van der Waals surface area (Å²) in [5.74, 6) is 0. The predicted molar refractivity (Wildman–Crippen MR) is 29.9 cm³/mol. The normalized spacial score (nSPS) is 18.3. The van der Waals surface area contributed by atoms with Gasteiger partial charge >= 0.3 is 53.8 Å². The van der Waals surface area contributed by atoms with E-state index in [0.717, 1.165) is 0 Å². The summed E-state index contributed by atoms with van der Waals surface area (Å²) in [5.41, 5.74) is 0. The van der Waals surface area contributed by atoms with Gasteiger partial charge in [0.05, 0.1) is 0 Å². The second-order valence-corrected chi connectivity index (χ2v) is 8.82. The van der Waals surface area contributed by atoms with Gasteiger partial charge in [0, 0.05) is 0 Å². The molecule has 0 aliphatic rings. The van der Waals surface area contributed by atoms with E-state index in [0.29, 0.717) is 0 Å². The van der Waals surface area contributed by atoms with Crippen LogP contribution in [0.5, 0.6) is 0 Å². The minimum atomic E-state index is -6.43. The first-order chi connectivity index (χ1) is 4.21. The van der Waals surface area contributed by atoms with Crippen molar-refractivity contribution in [3.63, 3.8) is 0 Å². The van der Waals surface area contributed by atoms with E-state index in [2.05, 4.69) is 13.4 Å². The molecule has 6 N–H and O–H groups in total. The van der Waals surface area contributed by atoms with Crippen molar-refractivity contribution in [2.75, 3.05) is 0 Å². The molecule has 0 aromatic heterocycles. The van der Waals surface area contributed by atoms with E-state index in [-0.39, 0.29) is 0 Å². The molecule has 0 saturated heterocycles. The predicted octanol–water partition coefficient (Wildman–Crippen LogP) is -1.12. The van der Waals surface area contributed by atoms with Crippen LogP contribution in [0.4, 0.5) is 0 Å². The summed E-state index contributed by atoms with van der Waals surface area (Å²) >= 11 is -6.43. The van der Waals surface area contributed by atoms with Crippen molar-refractivity contribution < 1.29 is 13.9 Å². The van der Waals surface area contributed by atoms with Gasteiger partial charge in [0.25, 0.3) is 0 Å². The summed E-state index contributed by atoms with van der Waals surface area (Å²) in [6.45, 7) is 0. The zero-order valence-electron chi connectivity index (χ0n) is 4.63. The molecule has 0 atom stereocenters. The average molecular weight is 241 g/mol. The summed E-state index contributed by atoms with van der Waals surface area (Å²) in [6.07, 6.45) is 0. The van der Waals surface area contributed by atoms with Gasteiger partial charge in [-0.15, -0.1) is 0 Å². The Kier molecular flexibility index (Phi) is 1.38. The van der Waals surface area contributed by atoms with Gasteiger partial charge in [0.15, 0.2) is 0 Å². The Labute approximate surface area is 54.5 Å². The Hall–Kier alpha value is -0.697. The first-order valence-electron chi connectivity index (χ1n) is 1.57. The Bertz CT molecular complexity index is 175. The molecular formula is H6N6O3Rh. The Morgan fingerprint density at radius 2 is 1.00 bits per heavy atom. The van der Waals surface area contributed by atoms with Crippen molar-refractivity contribution in [1.82, 2.24) is 0 Å². The van der Waals surface area contributed by atoms with Crippen molar-refractivity contribution >= 4 is 0 Å². The van der Waals surface area contributed by atoms with Crippen LogP contribution in [0.25, 0.3) is 0 Å². The van der Waals surface area contributed by atoms with Crippen LogP contribution in [-0.2, 0) is 13.9 Å². The minimum absolute atomic E-state index is 1.82. The third kappa shape index (κ3) is 1.42. The quantitative estimate of drug-likeness (QED) is 0.417. The first kappa shape index (κ1) is 9.30. The molecule has 10 heteroatoms. The van der Waals surface area contributed by atoms with Gasteiger partial charge in [-0.2, -0.15) is 0 Å². The molecule has 0 aliphatic carbocycles. The van der Waals surface area contributed by atoms with Crippen molar-refractivity contribution in [3.05, 3.63) is 14.7 Å². The van der Waals surface area contributed by atoms with Crippen LogP contribution in [0.3, 0.4) is 0 Å². The van der Waals surface area contributed by atoms with Crippen molar-refractivity contribution in [3.8, 4) is 0 Å². The second-order valence-electron chi connectivity index (χ2n) is 1.49. The summed E-state index contributed by atoms with van der Waals surface area (Å²) in [7, 11) is 0. The zero-order chi connectivity index (χ0) is 8.53. The van der Waals surface area contributed by atoms with Gasteiger partial charge in [-0.1, -0.05) is 0 Å². The van der Waals surface area contributed by atoms with E-state index < -0.39 is 13.9 Å². The van der Waals surface area contributed by atoms with E-state index in [1.54, 1.807) is 0 Å². The monoisotopic (exact) mass is 241 g/mol.